The van der Waals surface area contributed by atoms with E-state index in [0.717, 1.165) is 99.6 Å². The lowest BCUT2D eigenvalue weighted by Crippen LogP contribution is -1.97. The molecule has 0 saturated carbocycles. The normalized spacial score (nSPS) is 11.7. The van der Waals surface area contributed by atoms with Crippen molar-refractivity contribution >= 4 is 75.1 Å². The van der Waals surface area contributed by atoms with Gasteiger partial charge in [0.05, 0.1) is 22.6 Å². The van der Waals surface area contributed by atoms with Gasteiger partial charge in [0, 0.05) is 74.9 Å². The average molecular weight is 910 g/mol. The zero-order valence-electron chi connectivity index (χ0n) is 37.7. The van der Waals surface area contributed by atoms with Crippen LogP contribution in [0.25, 0.3) is 142 Å². The van der Waals surface area contributed by atoms with E-state index in [2.05, 4.69) is 206 Å². The molecule has 10 aromatic carbocycles. The van der Waals surface area contributed by atoms with Gasteiger partial charge in [-0.3, -0.25) is 0 Å². The molecule has 4 heterocycles. The fourth-order valence-electron chi connectivity index (χ4n) is 10.5. The molecule has 4 aromatic heterocycles. The Hall–Kier alpha value is -9.03. The van der Waals surface area contributed by atoms with Crippen LogP contribution in [0, 0.1) is 0 Å². The van der Waals surface area contributed by atoms with Crippen molar-refractivity contribution in [2.75, 3.05) is 0 Å². The zero-order valence-corrected chi connectivity index (χ0v) is 38.5. The first-order valence-electron chi connectivity index (χ1n) is 23.6. The highest BCUT2D eigenvalue weighted by Crippen LogP contribution is 2.47. The van der Waals surface area contributed by atoms with Gasteiger partial charge in [-0.05, 0) is 52.1 Å². The van der Waals surface area contributed by atoms with Crippen molar-refractivity contribution < 1.29 is 4.42 Å². The van der Waals surface area contributed by atoms with E-state index in [4.69, 9.17) is 19.4 Å². The van der Waals surface area contributed by atoms with Gasteiger partial charge in [-0.15, -0.1) is 11.3 Å². The minimum Gasteiger partial charge on any atom is -0.455 e. The van der Waals surface area contributed by atoms with Gasteiger partial charge in [0.25, 0.3) is 0 Å². The predicted molar refractivity (Wildman–Crippen MR) is 293 cm³/mol. The first-order valence-corrected chi connectivity index (χ1v) is 24.4. The first kappa shape index (κ1) is 40.1. The highest BCUT2D eigenvalue weighted by Gasteiger charge is 2.21. The lowest BCUT2D eigenvalue weighted by atomic mass is 9.94. The quantitative estimate of drug-likeness (QED) is 0.150. The second kappa shape index (κ2) is 16.3. The van der Waals surface area contributed by atoms with Crippen LogP contribution in [0.2, 0.25) is 0 Å². The van der Waals surface area contributed by atoms with Crippen molar-refractivity contribution in [2.45, 2.75) is 0 Å². The molecular formula is C65H39N3OS. The molecule has 5 heteroatoms. The van der Waals surface area contributed by atoms with Gasteiger partial charge in [0.15, 0.2) is 5.82 Å². The second-order valence-corrected chi connectivity index (χ2v) is 18.8. The van der Waals surface area contributed by atoms with Crippen molar-refractivity contribution in [3.63, 3.8) is 0 Å². The van der Waals surface area contributed by atoms with Crippen molar-refractivity contribution in [3.8, 4) is 78.5 Å². The SMILES string of the molecule is c1ccc(-c2cc(-c3ccccc3-c3cccc4c3sc3c(-c5ccc(-c6cccc7oc8c(ccc9c(-c%10ccccc%10)nc%10ccccc%10c98)c67)cc5)cccc34)nc(-c3ccccc3)n2)cc1. The maximum atomic E-state index is 6.89. The molecule has 0 amide bonds. The molecule has 0 atom stereocenters. The fourth-order valence-corrected chi connectivity index (χ4v) is 11.8. The molecule has 326 valence electrons. The maximum absolute atomic E-state index is 6.89. The average Bonchev–Trinajstić information content (AvgIpc) is 4.03. The zero-order chi connectivity index (χ0) is 46.1. The molecule has 14 aromatic rings. The lowest BCUT2D eigenvalue weighted by Gasteiger charge is -2.13. The Bertz CT molecular complexity index is 4270. The van der Waals surface area contributed by atoms with Gasteiger partial charge in [-0.2, -0.15) is 0 Å². The Morgan fingerprint density at radius 1 is 0.314 bits per heavy atom. The molecule has 0 bridgehead atoms. The maximum Gasteiger partial charge on any atom is 0.160 e. The number of benzene rings is 10. The standard InChI is InChI=1S/C65H39N3OS/c1-4-17-42(18-5-1)56-39-57(68-65(67-56)44-21-8-3-9-22-44)48-24-11-10-23-47(48)49-28-15-30-51-50-29-14-27-46(63(50)70-64(49)51)41-35-33-40(34-36-41)45-26-16-32-58-59(45)54-38-37-53-60(62(54)69-58)52-25-12-13-31-55(52)66-61(53)43-19-6-2-7-20-43/h1-39H. The number of rotatable bonds is 7. The summed E-state index contributed by atoms with van der Waals surface area (Å²) in [5.74, 6) is 0.704. The molecule has 0 aliphatic heterocycles. The summed E-state index contributed by atoms with van der Waals surface area (Å²) in [5, 5.41) is 7.96. The monoisotopic (exact) mass is 909 g/mol. The van der Waals surface area contributed by atoms with Crippen LogP contribution in [0.15, 0.2) is 241 Å². The number of hydrogen-bond acceptors (Lipinski definition) is 5. The molecule has 0 aliphatic carbocycles. The molecule has 0 saturated heterocycles. The van der Waals surface area contributed by atoms with Gasteiger partial charge in [-0.25, -0.2) is 15.0 Å². The number of hydrogen-bond donors (Lipinski definition) is 0. The van der Waals surface area contributed by atoms with Crippen LogP contribution in [-0.4, -0.2) is 15.0 Å². The predicted octanol–water partition coefficient (Wildman–Crippen LogP) is 18.1. The summed E-state index contributed by atoms with van der Waals surface area (Å²) in [7, 11) is 0. The van der Waals surface area contributed by atoms with Crippen LogP contribution in [0.3, 0.4) is 0 Å². The van der Waals surface area contributed by atoms with Crippen LogP contribution < -0.4 is 0 Å². The van der Waals surface area contributed by atoms with E-state index in [1.165, 1.54) is 36.9 Å². The third-order valence-electron chi connectivity index (χ3n) is 13.7. The molecule has 0 radical (unpaired) electrons. The summed E-state index contributed by atoms with van der Waals surface area (Å²) in [6.45, 7) is 0. The summed E-state index contributed by atoms with van der Waals surface area (Å²) in [4.78, 5) is 15.5. The summed E-state index contributed by atoms with van der Waals surface area (Å²) in [5.41, 5.74) is 16.6. The number of thiophene rings is 1. The topological polar surface area (TPSA) is 51.8 Å². The number of para-hydroxylation sites is 1. The molecule has 4 nitrogen and oxygen atoms in total. The minimum atomic E-state index is 0.704. The van der Waals surface area contributed by atoms with Crippen LogP contribution in [0.1, 0.15) is 0 Å². The second-order valence-electron chi connectivity index (χ2n) is 17.8. The summed E-state index contributed by atoms with van der Waals surface area (Å²) in [6.07, 6.45) is 0. The minimum absolute atomic E-state index is 0.704. The van der Waals surface area contributed by atoms with Gasteiger partial charge >= 0.3 is 0 Å². The van der Waals surface area contributed by atoms with Gasteiger partial charge in [-0.1, -0.05) is 212 Å². The van der Waals surface area contributed by atoms with Crippen molar-refractivity contribution in [3.05, 3.63) is 237 Å². The van der Waals surface area contributed by atoms with Crippen LogP contribution >= 0.6 is 11.3 Å². The van der Waals surface area contributed by atoms with Gasteiger partial charge in [0.1, 0.15) is 11.2 Å². The molecule has 70 heavy (non-hydrogen) atoms. The molecule has 0 spiro atoms. The van der Waals surface area contributed by atoms with E-state index in [1.54, 1.807) is 0 Å². The lowest BCUT2D eigenvalue weighted by molar-refractivity contribution is 0.673. The fraction of sp³-hybridized carbons (Fsp3) is 0. The number of pyridine rings is 1. The molecule has 0 aliphatic rings. The molecule has 0 N–H and O–H groups in total. The van der Waals surface area contributed by atoms with E-state index in [-0.39, 0.29) is 0 Å². The van der Waals surface area contributed by atoms with Gasteiger partial charge in [0.2, 0.25) is 0 Å². The number of fused-ring (bicyclic) bond motifs is 10. The van der Waals surface area contributed by atoms with Crippen molar-refractivity contribution in [1.82, 2.24) is 15.0 Å². The Balaban J connectivity index is 0.873. The largest absolute Gasteiger partial charge is 0.455 e. The third kappa shape index (κ3) is 6.55. The highest BCUT2D eigenvalue weighted by atomic mass is 32.1. The molecule has 0 fully saturated rings. The van der Waals surface area contributed by atoms with Gasteiger partial charge < -0.3 is 4.42 Å². The van der Waals surface area contributed by atoms with E-state index in [1.807, 2.05) is 41.7 Å². The smallest absolute Gasteiger partial charge is 0.160 e. The number of nitrogens with zero attached hydrogens (tertiary/aromatic N) is 3. The molecule has 0 unspecified atom stereocenters. The third-order valence-corrected chi connectivity index (χ3v) is 15.0. The number of aromatic nitrogens is 3. The summed E-state index contributed by atoms with van der Waals surface area (Å²) < 4.78 is 9.40. The van der Waals surface area contributed by atoms with E-state index < -0.39 is 0 Å². The van der Waals surface area contributed by atoms with E-state index in [0.29, 0.717) is 5.82 Å². The Labute approximate surface area is 407 Å². The van der Waals surface area contributed by atoms with Crippen LogP contribution in [0.5, 0.6) is 0 Å². The summed E-state index contributed by atoms with van der Waals surface area (Å²) in [6, 6.07) is 83.6. The molecule has 14 rings (SSSR count). The molecular weight excluding hydrogens is 871 g/mol. The Kier molecular flexibility index (Phi) is 9.36. The van der Waals surface area contributed by atoms with E-state index in [9.17, 15) is 0 Å². The Morgan fingerprint density at radius 2 is 0.857 bits per heavy atom. The summed E-state index contributed by atoms with van der Waals surface area (Å²) >= 11 is 1.86. The van der Waals surface area contributed by atoms with Crippen molar-refractivity contribution in [1.29, 1.82) is 0 Å². The van der Waals surface area contributed by atoms with Crippen molar-refractivity contribution in [2.24, 2.45) is 0 Å². The first-order chi connectivity index (χ1) is 34.7. The Morgan fingerprint density at radius 3 is 1.61 bits per heavy atom. The number of furan rings is 1. The van der Waals surface area contributed by atoms with Crippen LogP contribution in [-0.2, 0) is 0 Å². The van der Waals surface area contributed by atoms with E-state index >= 15 is 0 Å². The van der Waals surface area contributed by atoms with Crippen LogP contribution in [0.4, 0.5) is 0 Å². The highest BCUT2D eigenvalue weighted by molar-refractivity contribution is 7.26.